The molecule has 2 aliphatic rings. The van der Waals surface area contributed by atoms with Gasteiger partial charge >= 0.3 is 6.03 Å². The zero-order valence-electron chi connectivity index (χ0n) is 15.7. The normalized spacial score (nSPS) is 21.5. The van der Waals surface area contributed by atoms with Gasteiger partial charge in [0.2, 0.25) is 5.91 Å². The first kappa shape index (κ1) is 18.8. The first-order chi connectivity index (χ1) is 12.3. The van der Waals surface area contributed by atoms with Gasteiger partial charge in [0.25, 0.3) is 0 Å². The smallest absolute Gasteiger partial charge is 0.339 e. The van der Waals surface area contributed by atoms with Crippen LogP contribution in [0.3, 0.4) is 0 Å². The van der Waals surface area contributed by atoms with Gasteiger partial charge in [-0.2, -0.15) is 9.78 Å². The fourth-order valence-corrected chi connectivity index (χ4v) is 4.05. The molecular weight excluding hydrogens is 336 g/mol. The van der Waals surface area contributed by atoms with E-state index in [4.69, 9.17) is 10.5 Å². The van der Waals surface area contributed by atoms with Gasteiger partial charge in [-0.3, -0.25) is 4.79 Å². The van der Waals surface area contributed by atoms with E-state index >= 15 is 0 Å². The van der Waals surface area contributed by atoms with Crippen molar-refractivity contribution in [3.8, 4) is 0 Å². The molecule has 0 radical (unpaired) electrons. The molecule has 3 N–H and O–H groups in total. The number of aliphatic hydroxyl groups excluding tert-OH is 1. The van der Waals surface area contributed by atoms with Crippen molar-refractivity contribution in [2.75, 3.05) is 19.8 Å². The third kappa shape index (κ3) is 3.23. The number of carbonyl (C=O) groups excluding carboxylic acids is 2. The number of primary amides is 1. The van der Waals surface area contributed by atoms with Crippen molar-refractivity contribution < 1.29 is 19.4 Å². The predicted octanol–water partition coefficient (Wildman–Crippen LogP) is 0.996. The van der Waals surface area contributed by atoms with E-state index in [1.807, 2.05) is 20.8 Å². The van der Waals surface area contributed by atoms with Crippen LogP contribution in [-0.4, -0.2) is 57.5 Å². The van der Waals surface area contributed by atoms with Crippen LogP contribution in [-0.2, 0) is 22.6 Å². The summed E-state index contributed by atoms with van der Waals surface area (Å²) in [5.41, 5.74) is 7.18. The molecule has 0 spiro atoms. The van der Waals surface area contributed by atoms with E-state index in [9.17, 15) is 14.7 Å². The number of nitrogens with two attached hydrogens (primary N) is 1. The van der Waals surface area contributed by atoms with Gasteiger partial charge in [0.15, 0.2) is 0 Å². The van der Waals surface area contributed by atoms with Crippen LogP contribution in [0.2, 0.25) is 0 Å². The van der Waals surface area contributed by atoms with Gasteiger partial charge in [0.05, 0.1) is 43.2 Å². The average Bonchev–Trinajstić information content (AvgIpc) is 3.18. The summed E-state index contributed by atoms with van der Waals surface area (Å²) in [4.78, 5) is 27.0. The largest absolute Gasteiger partial charge is 0.394 e. The Morgan fingerprint density at radius 2 is 2.15 bits per heavy atom. The van der Waals surface area contributed by atoms with Crippen molar-refractivity contribution in [2.24, 2.45) is 11.1 Å². The maximum absolute atomic E-state index is 13.4. The average molecular weight is 364 g/mol. The van der Waals surface area contributed by atoms with Crippen molar-refractivity contribution in [1.82, 2.24) is 14.7 Å². The molecule has 8 nitrogen and oxygen atoms in total. The fraction of sp³-hybridized carbons (Fsp3) is 0.722. The second-order valence-electron chi connectivity index (χ2n) is 8.17. The molecule has 8 heteroatoms. The minimum atomic E-state index is -0.649. The van der Waals surface area contributed by atoms with Crippen LogP contribution in [0.1, 0.15) is 56.5 Å². The van der Waals surface area contributed by atoms with Gasteiger partial charge in [0, 0.05) is 18.5 Å². The zero-order chi connectivity index (χ0) is 19.1. The summed E-state index contributed by atoms with van der Waals surface area (Å²) in [5, 5.41) is 14.1. The Labute approximate surface area is 153 Å². The fourth-order valence-electron chi connectivity index (χ4n) is 4.05. The molecule has 3 heterocycles. The van der Waals surface area contributed by atoms with Crippen LogP contribution < -0.4 is 5.73 Å². The van der Waals surface area contributed by atoms with E-state index in [0.29, 0.717) is 31.9 Å². The van der Waals surface area contributed by atoms with Crippen LogP contribution in [0.25, 0.3) is 0 Å². The highest BCUT2D eigenvalue weighted by atomic mass is 16.5. The molecule has 0 unspecified atom stereocenters. The number of amides is 2. The summed E-state index contributed by atoms with van der Waals surface area (Å²) in [6, 6.07) is -0.804. The number of rotatable bonds is 3. The Kier molecular flexibility index (Phi) is 5.07. The number of ether oxygens (including phenoxy) is 1. The Bertz CT molecular complexity index is 707. The Morgan fingerprint density at radius 3 is 2.77 bits per heavy atom. The maximum atomic E-state index is 13.4. The molecule has 0 aliphatic carbocycles. The Balaban J connectivity index is 2.07. The van der Waals surface area contributed by atoms with Gasteiger partial charge in [-0.05, 0) is 18.3 Å². The second-order valence-corrected chi connectivity index (χ2v) is 8.17. The number of aromatic nitrogens is 2. The van der Waals surface area contributed by atoms with Crippen molar-refractivity contribution in [2.45, 2.75) is 58.6 Å². The summed E-state index contributed by atoms with van der Waals surface area (Å²) in [6.45, 7) is 7.36. The van der Waals surface area contributed by atoms with E-state index in [1.54, 1.807) is 4.90 Å². The highest BCUT2D eigenvalue weighted by Gasteiger charge is 2.43. The van der Waals surface area contributed by atoms with Crippen molar-refractivity contribution in [3.05, 3.63) is 17.0 Å². The molecule has 1 aromatic rings. The first-order valence-electron chi connectivity index (χ1n) is 9.15. The molecule has 26 heavy (non-hydrogen) atoms. The summed E-state index contributed by atoms with van der Waals surface area (Å²) in [7, 11) is 0. The van der Waals surface area contributed by atoms with Crippen LogP contribution in [0.5, 0.6) is 0 Å². The summed E-state index contributed by atoms with van der Waals surface area (Å²) in [5.74, 6) is -0.595. The SMILES string of the molecule is CC(C)(C)[C@H](C(=O)N1CCC[C@H]1CO)c1nn(C(N)=O)c2c1COCC2. The van der Waals surface area contributed by atoms with E-state index in [2.05, 4.69) is 5.10 Å². The Morgan fingerprint density at radius 1 is 1.42 bits per heavy atom. The number of carbonyl (C=O) groups is 2. The lowest BCUT2D eigenvalue weighted by Crippen LogP contribution is -2.44. The van der Waals surface area contributed by atoms with Crippen molar-refractivity contribution >= 4 is 11.9 Å². The molecule has 0 bridgehead atoms. The molecule has 2 amide bonds. The number of fused-ring (bicyclic) bond motifs is 1. The minimum absolute atomic E-state index is 0.0421. The predicted molar refractivity (Wildman–Crippen MR) is 94.6 cm³/mol. The van der Waals surface area contributed by atoms with Crippen LogP contribution >= 0.6 is 0 Å². The number of hydrogen-bond acceptors (Lipinski definition) is 5. The molecular formula is C18H28N4O4. The lowest BCUT2D eigenvalue weighted by Gasteiger charge is -2.34. The molecule has 1 saturated heterocycles. The number of likely N-dealkylation sites (tertiary alicyclic amines) is 1. The molecule has 1 fully saturated rings. The number of nitrogens with zero attached hydrogens (tertiary/aromatic N) is 3. The third-order valence-electron chi connectivity index (χ3n) is 5.32. The van der Waals surface area contributed by atoms with Gasteiger partial charge in [-0.15, -0.1) is 0 Å². The van der Waals surface area contributed by atoms with Gasteiger partial charge in [-0.25, -0.2) is 4.79 Å². The van der Waals surface area contributed by atoms with Crippen LogP contribution in [0.4, 0.5) is 4.79 Å². The summed E-state index contributed by atoms with van der Waals surface area (Å²) in [6.07, 6.45) is 2.22. The van der Waals surface area contributed by atoms with E-state index in [-0.39, 0.29) is 18.6 Å². The molecule has 144 valence electrons. The molecule has 2 atom stereocenters. The highest BCUT2D eigenvalue weighted by Crippen LogP contribution is 2.40. The highest BCUT2D eigenvalue weighted by molar-refractivity contribution is 5.85. The van der Waals surface area contributed by atoms with E-state index in [1.165, 1.54) is 4.68 Å². The van der Waals surface area contributed by atoms with E-state index in [0.717, 1.165) is 24.1 Å². The lowest BCUT2D eigenvalue weighted by molar-refractivity contribution is -0.137. The summed E-state index contributed by atoms with van der Waals surface area (Å²) < 4.78 is 6.78. The standard InChI is InChI=1S/C18H28N4O4/c1-18(2,3)14(16(24)21-7-4-5-11(21)9-23)15-12-10-26-8-6-13(12)22(20-15)17(19)25/h11,14,23H,4-10H2,1-3H3,(H2,19,25)/t11-,14-/m0/s1. The maximum Gasteiger partial charge on any atom is 0.339 e. The van der Waals surface area contributed by atoms with Gasteiger partial charge in [-0.1, -0.05) is 20.8 Å². The monoisotopic (exact) mass is 364 g/mol. The Hall–Kier alpha value is -1.93. The van der Waals surface area contributed by atoms with E-state index < -0.39 is 17.4 Å². The molecule has 3 rings (SSSR count). The zero-order valence-corrected chi connectivity index (χ0v) is 15.7. The van der Waals surface area contributed by atoms with Crippen LogP contribution in [0.15, 0.2) is 0 Å². The first-order valence-corrected chi connectivity index (χ1v) is 9.15. The topological polar surface area (TPSA) is 111 Å². The molecule has 1 aromatic heterocycles. The lowest BCUT2D eigenvalue weighted by atomic mass is 9.76. The van der Waals surface area contributed by atoms with Gasteiger partial charge in [0.1, 0.15) is 0 Å². The quantitative estimate of drug-likeness (QED) is 0.831. The van der Waals surface area contributed by atoms with Crippen LogP contribution in [0, 0.1) is 5.41 Å². The number of aliphatic hydroxyl groups is 1. The van der Waals surface area contributed by atoms with Crippen molar-refractivity contribution in [1.29, 1.82) is 0 Å². The molecule has 2 aliphatic heterocycles. The van der Waals surface area contributed by atoms with Crippen molar-refractivity contribution in [3.63, 3.8) is 0 Å². The molecule has 0 saturated carbocycles. The minimum Gasteiger partial charge on any atom is -0.394 e. The third-order valence-corrected chi connectivity index (χ3v) is 5.32. The van der Waals surface area contributed by atoms with Gasteiger partial charge < -0.3 is 20.5 Å². The number of hydrogen-bond donors (Lipinski definition) is 2. The second kappa shape index (κ2) is 7.00. The summed E-state index contributed by atoms with van der Waals surface area (Å²) >= 11 is 0. The molecule has 0 aromatic carbocycles.